The van der Waals surface area contributed by atoms with Gasteiger partial charge in [0.15, 0.2) is 0 Å². The predicted octanol–water partition coefficient (Wildman–Crippen LogP) is 1.44. The van der Waals surface area contributed by atoms with Gasteiger partial charge in [-0.15, -0.1) is 0 Å². The molecule has 0 aliphatic rings. The predicted molar refractivity (Wildman–Crippen MR) is 70.9 cm³/mol. The Balaban J connectivity index is 4.68. The van der Waals surface area contributed by atoms with Crippen molar-refractivity contribution in [3.63, 3.8) is 0 Å². The van der Waals surface area contributed by atoms with Gasteiger partial charge >= 0.3 is 26.2 Å². The van der Waals surface area contributed by atoms with Crippen LogP contribution in [-0.4, -0.2) is 54.6 Å². The highest BCUT2D eigenvalue weighted by molar-refractivity contribution is 6.82. The largest absolute Gasteiger partial charge is 0.488 e. The fourth-order valence-electron chi connectivity index (χ4n) is 1.25. The Morgan fingerprint density at radius 2 is 0.765 bits per heavy atom. The van der Waals surface area contributed by atoms with Gasteiger partial charge in [-0.1, -0.05) is 0 Å². The monoisotopic (exact) mass is 300 g/mol. The summed E-state index contributed by atoms with van der Waals surface area (Å²) in [6.07, 6.45) is 0. The van der Waals surface area contributed by atoms with Crippen molar-refractivity contribution < 1.29 is 25.9 Å². The highest BCUT2D eigenvalue weighted by atomic mass is 28.5. The molecule has 0 rings (SSSR count). The van der Waals surface area contributed by atoms with Gasteiger partial charge in [0.25, 0.3) is 0 Å². The highest BCUT2D eigenvalue weighted by Gasteiger charge is 2.47. The van der Waals surface area contributed by atoms with Crippen LogP contribution in [0.15, 0.2) is 0 Å². The summed E-state index contributed by atoms with van der Waals surface area (Å²) in [7, 11) is -1.36. The van der Waals surface area contributed by atoms with Gasteiger partial charge in [-0.25, -0.2) is 0 Å². The number of hydrogen-bond acceptors (Lipinski definition) is 6. The van der Waals surface area contributed by atoms with E-state index in [-0.39, 0.29) is 0 Å². The molecule has 0 aromatic heterocycles. The van der Waals surface area contributed by atoms with Crippen LogP contribution in [0.4, 0.5) is 0 Å². The van der Waals surface area contributed by atoms with Crippen LogP contribution < -0.4 is 0 Å². The van der Waals surface area contributed by atoms with Crippen LogP contribution >= 0.6 is 0 Å². The fourth-order valence-corrected chi connectivity index (χ4v) is 10.6. The summed E-state index contributed by atoms with van der Waals surface area (Å²) in [5.74, 6) is 0. The minimum absolute atomic E-state index is 1.57. The van der Waals surface area contributed by atoms with Crippen LogP contribution in [0.5, 0.6) is 0 Å². The third-order valence-electron chi connectivity index (χ3n) is 2.35. The minimum Gasteiger partial charge on any atom is -0.394 e. The van der Waals surface area contributed by atoms with Gasteiger partial charge in [-0.3, -0.25) is 0 Å². The molecule has 0 amide bonds. The lowest BCUT2D eigenvalue weighted by atomic mass is 11.8. The van der Waals surface area contributed by atoms with Crippen molar-refractivity contribution in [3.8, 4) is 0 Å². The molecular weight excluding hydrogens is 276 g/mol. The van der Waals surface area contributed by atoms with E-state index in [1.165, 1.54) is 0 Å². The summed E-state index contributed by atoms with van der Waals surface area (Å²) in [5, 5.41) is 0. The average Bonchev–Trinajstić information content (AvgIpc) is 2.27. The third-order valence-corrected chi connectivity index (χ3v) is 12.2. The third kappa shape index (κ3) is 5.72. The van der Waals surface area contributed by atoms with E-state index in [1.807, 2.05) is 26.2 Å². The molecule has 0 bridgehead atoms. The number of rotatable bonds is 8. The van der Waals surface area contributed by atoms with Crippen molar-refractivity contribution in [1.82, 2.24) is 0 Å². The summed E-state index contributed by atoms with van der Waals surface area (Å²) in [4.78, 5) is 0. The first-order chi connectivity index (χ1) is 7.66. The molecule has 0 N–H and O–H groups in total. The van der Waals surface area contributed by atoms with Crippen molar-refractivity contribution in [3.05, 3.63) is 0 Å². The van der Waals surface area contributed by atoms with Crippen molar-refractivity contribution in [1.29, 1.82) is 0 Å². The number of hydrogen-bond donors (Lipinski definition) is 0. The summed E-state index contributed by atoms with van der Waals surface area (Å²) < 4.78 is 33.0. The molecule has 0 aliphatic carbocycles. The second-order valence-corrected chi connectivity index (χ2v) is 13.7. The molecule has 6 nitrogen and oxygen atoms in total. The van der Waals surface area contributed by atoms with Crippen LogP contribution in [0.1, 0.15) is 0 Å². The molecule has 104 valence electrons. The highest BCUT2D eigenvalue weighted by Crippen LogP contribution is 2.21. The molecule has 0 aliphatic heterocycles. The van der Waals surface area contributed by atoms with Crippen molar-refractivity contribution >= 4 is 26.2 Å². The normalized spacial score (nSPS) is 14.1. The van der Waals surface area contributed by atoms with Crippen LogP contribution in [0, 0.1) is 0 Å². The van der Waals surface area contributed by atoms with E-state index in [4.69, 9.17) is 25.9 Å². The lowest BCUT2D eigenvalue weighted by molar-refractivity contribution is 0.124. The van der Waals surface area contributed by atoms with Gasteiger partial charge in [-0.05, 0) is 13.1 Å². The van der Waals surface area contributed by atoms with E-state index < -0.39 is 26.2 Å². The molecule has 0 heterocycles. The molecule has 0 aromatic rings. The van der Waals surface area contributed by atoms with Crippen LogP contribution in [0.2, 0.25) is 26.2 Å². The Labute approximate surface area is 107 Å². The zero-order valence-electron chi connectivity index (χ0n) is 11.9. The molecule has 9 heteroatoms. The molecular formula is C8H24O6Si3. The summed E-state index contributed by atoms with van der Waals surface area (Å²) in [5.41, 5.74) is 0. The van der Waals surface area contributed by atoms with Crippen LogP contribution in [0.25, 0.3) is 0 Å². The second kappa shape index (κ2) is 6.54. The zero-order chi connectivity index (χ0) is 13.7. The Morgan fingerprint density at radius 1 is 0.529 bits per heavy atom. The molecule has 0 radical (unpaired) electrons. The van der Waals surface area contributed by atoms with E-state index in [2.05, 4.69) is 0 Å². The van der Waals surface area contributed by atoms with Crippen LogP contribution in [0.3, 0.4) is 0 Å². The van der Waals surface area contributed by atoms with E-state index in [0.717, 1.165) is 0 Å². The Hall–Kier alpha value is 0.411. The summed E-state index contributed by atoms with van der Waals surface area (Å²) in [6.45, 7) is 7.48. The Kier molecular flexibility index (Phi) is 6.70. The van der Waals surface area contributed by atoms with E-state index in [0.29, 0.717) is 0 Å². The van der Waals surface area contributed by atoms with Gasteiger partial charge in [0.05, 0.1) is 0 Å². The van der Waals surface area contributed by atoms with Gasteiger partial charge in [0, 0.05) is 41.5 Å². The van der Waals surface area contributed by atoms with Crippen molar-refractivity contribution in [2.24, 2.45) is 0 Å². The second-order valence-electron chi connectivity index (χ2n) is 4.15. The average molecular weight is 301 g/mol. The van der Waals surface area contributed by atoms with Gasteiger partial charge in [0.2, 0.25) is 0 Å². The lowest BCUT2D eigenvalue weighted by Gasteiger charge is -2.36. The molecule has 0 spiro atoms. The topological polar surface area (TPSA) is 55.4 Å². The van der Waals surface area contributed by atoms with Crippen LogP contribution in [-0.2, 0) is 25.9 Å². The SMILES string of the molecule is CO[Si](C)(OC)O[Si](C)(C)O[Si](C)(OC)OC. The molecule has 17 heavy (non-hydrogen) atoms. The summed E-state index contributed by atoms with van der Waals surface area (Å²) in [6, 6.07) is 0. The molecule has 0 fully saturated rings. The standard InChI is InChI=1S/C8H24O6Si3/c1-9-16(7,10-2)13-15(5,6)14-17(8,11-3)12-4/h1-8H3. The smallest absolute Gasteiger partial charge is 0.394 e. The Morgan fingerprint density at radius 3 is 0.941 bits per heavy atom. The first-order valence-corrected chi connectivity index (χ1v) is 12.5. The maximum absolute atomic E-state index is 5.91. The van der Waals surface area contributed by atoms with E-state index in [1.54, 1.807) is 28.4 Å². The van der Waals surface area contributed by atoms with Crippen molar-refractivity contribution in [2.45, 2.75) is 26.2 Å². The molecule has 0 aromatic carbocycles. The molecule has 0 atom stereocenters. The lowest BCUT2D eigenvalue weighted by Crippen LogP contribution is -2.57. The maximum Gasteiger partial charge on any atom is 0.488 e. The maximum atomic E-state index is 5.91. The van der Waals surface area contributed by atoms with Gasteiger partial charge in [0.1, 0.15) is 0 Å². The van der Waals surface area contributed by atoms with Gasteiger partial charge in [-0.2, -0.15) is 0 Å². The first kappa shape index (κ1) is 17.4. The first-order valence-electron chi connectivity index (χ1n) is 5.27. The Bertz CT molecular complexity index is 207. The molecule has 0 unspecified atom stereocenters. The van der Waals surface area contributed by atoms with Gasteiger partial charge < -0.3 is 25.9 Å². The molecule has 0 saturated carbocycles. The fraction of sp³-hybridized carbons (Fsp3) is 1.00. The van der Waals surface area contributed by atoms with E-state index >= 15 is 0 Å². The van der Waals surface area contributed by atoms with E-state index in [9.17, 15) is 0 Å². The molecule has 0 saturated heterocycles. The van der Waals surface area contributed by atoms with Crippen molar-refractivity contribution in [2.75, 3.05) is 28.4 Å². The zero-order valence-corrected chi connectivity index (χ0v) is 14.9. The quantitative estimate of drug-likeness (QED) is 0.632. The summed E-state index contributed by atoms with van der Waals surface area (Å²) >= 11 is 0. The minimum atomic E-state index is -2.61.